The maximum atomic E-state index is 13.1. The number of nitrogen functional groups attached to an aromatic ring is 1. The molecule has 3 aromatic rings. The molecule has 1 spiro atoms. The number of H-pyrrole nitrogens is 1. The second-order valence-corrected chi connectivity index (χ2v) is 10.9. The van der Waals surface area contributed by atoms with Crippen molar-refractivity contribution >= 4 is 28.5 Å². The normalized spacial score (nSPS) is 31.0. The summed E-state index contributed by atoms with van der Waals surface area (Å²) >= 11 is 0. The summed E-state index contributed by atoms with van der Waals surface area (Å²) in [5.74, 6) is -1.27. The third kappa shape index (κ3) is 4.55. The summed E-state index contributed by atoms with van der Waals surface area (Å²) in [4.78, 5) is 32.4. The zero-order valence-electron chi connectivity index (χ0n) is 21.7. The van der Waals surface area contributed by atoms with Crippen molar-refractivity contribution in [3.8, 4) is 0 Å². The van der Waals surface area contributed by atoms with Crippen molar-refractivity contribution in [2.75, 3.05) is 5.73 Å². The van der Waals surface area contributed by atoms with E-state index in [1.165, 1.54) is 6.07 Å². The summed E-state index contributed by atoms with van der Waals surface area (Å²) in [6.07, 6.45) is 4.14. The molecule has 9 heteroatoms. The summed E-state index contributed by atoms with van der Waals surface area (Å²) in [5, 5.41) is 9.59. The molecule has 2 fully saturated rings. The minimum atomic E-state index is -1.14. The summed E-state index contributed by atoms with van der Waals surface area (Å²) < 4.78 is 19.4. The number of ketones is 1. The van der Waals surface area contributed by atoms with Crippen molar-refractivity contribution in [1.82, 2.24) is 9.97 Å². The van der Waals surface area contributed by atoms with E-state index in [2.05, 4.69) is 30.7 Å². The molecule has 0 radical (unpaired) electrons. The van der Waals surface area contributed by atoms with Gasteiger partial charge >= 0.3 is 5.97 Å². The fraction of sp³-hybridized carbons (Fsp3) is 0.536. The minimum absolute atomic E-state index is 0.0345. The lowest BCUT2D eigenvalue weighted by Crippen LogP contribution is -2.58. The number of hydrogen-bond donors (Lipinski definition) is 3. The first-order valence-corrected chi connectivity index (χ1v) is 13.0. The molecule has 2 aliphatic rings. The molecule has 7 atom stereocenters. The Morgan fingerprint density at radius 1 is 1.22 bits per heavy atom. The lowest BCUT2D eigenvalue weighted by Gasteiger charge is -2.53. The molecule has 1 aromatic carbocycles. The number of aromatic carboxylic acids is 1. The molecule has 4 heterocycles. The number of carbonyl (C=O) groups excluding carboxylic acids is 1. The quantitative estimate of drug-likeness (QED) is 0.309. The Hall–Kier alpha value is -3.17. The van der Waals surface area contributed by atoms with Crippen LogP contribution in [0.1, 0.15) is 73.7 Å². The molecule has 0 bridgehead atoms. The van der Waals surface area contributed by atoms with E-state index >= 15 is 0 Å². The van der Waals surface area contributed by atoms with Gasteiger partial charge in [0.15, 0.2) is 23.0 Å². The van der Waals surface area contributed by atoms with Gasteiger partial charge in [0.1, 0.15) is 11.1 Å². The van der Waals surface area contributed by atoms with Gasteiger partial charge in [0.05, 0.1) is 24.3 Å². The molecule has 2 aromatic heterocycles. The van der Waals surface area contributed by atoms with Crippen LogP contribution < -0.4 is 5.73 Å². The number of nitrogens with two attached hydrogens (primary N) is 1. The number of hydrogen-bond acceptors (Lipinski definition) is 7. The van der Waals surface area contributed by atoms with E-state index in [-0.39, 0.29) is 58.4 Å². The average Bonchev–Trinajstić information content (AvgIpc) is 3.52. The summed E-state index contributed by atoms with van der Waals surface area (Å²) in [6, 6.07) is 6.78. The smallest absolute Gasteiger partial charge is 0.340 e. The topological polar surface area (TPSA) is 141 Å². The first kappa shape index (κ1) is 25.5. The van der Waals surface area contributed by atoms with Crippen LogP contribution >= 0.6 is 0 Å². The van der Waals surface area contributed by atoms with Crippen molar-refractivity contribution in [2.45, 2.75) is 71.4 Å². The van der Waals surface area contributed by atoms with E-state index in [0.717, 1.165) is 19.3 Å². The molecule has 37 heavy (non-hydrogen) atoms. The molecule has 2 saturated heterocycles. The molecular weight excluding hydrogens is 474 g/mol. The first-order chi connectivity index (χ1) is 17.6. The Balaban J connectivity index is 1.38. The van der Waals surface area contributed by atoms with Crippen LogP contribution in [0, 0.1) is 23.7 Å². The molecule has 0 saturated carbocycles. The maximum Gasteiger partial charge on any atom is 0.340 e. The van der Waals surface area contributed by atoms with Crippen molar-refractivity contribution in [2.24, 2.45) is 23.7 Å². The van der Waals surface area contributed by atoms with Crippen LogP contribution in [0.15, 0.2) is 34.9 Å². The largest absolute Gasteiger partial charge is 0.478 e. The predicted molar refractivity (Wildman–Crippen MR) is 137 cm³/mol. The highest BCUT2D eigenvalue weighted by atomic mass is 16.7. The number of aromatic amines is 1. The molecular formula is C28H35N3O6. The van der Waals surface area contributed by atoms with Gasteiger partial charge in [0.25, 0.3) is 0 Å². The number of nitrogens with one attached hydrogen (secondary N) is 1. The number of anilines is 1. The summed E-state index contributed by atoms with van der Waals surface area (Å²) in [6.45, 7) is 8.35. The van der Waals surface area contributed by atoms with Crippen molar-refractivity contribution in [3.05, 3.63) is 47.6 Å². The number of rotatable bonds is 6. The predicted octanol–water partition coefficient (Wildman–Crippen LogP) is 5.07. The molecule has 0 amide bonds. The van der Waals surface area contributed by atoms with Gasteiger partial charge in [0, 0.05) is 30.1 Å². The third-order valence-corrected chi connectivity index (χ3v) is 8.30. The van der Waals surface area contributed by atoms with E-state index < -0.39 is 11.8 Å². The van der Waals surface area contributed by atoms with Crippen LogP contribution in [0.2, 0.25) is 0 Å². The van der Waals surface area contributed by atoms with E-state index in [4.69, 9.17) is 19.6 Å². The third-order valence-electron chi connectivity index (χ3n) is 8.30. The van der Waals surface area contributed by atoms with Gasteiger partial charge in [0.2, 0.25) is 0 Å². The van der Waals surface area contributed by atoms with Crippen LogP contribution in [0.5, 0.6) is 0 Å². The number of fused-ring (bicyclic) bond motifs is 1. The molecule has 0 aliphatic carbocycles. The van der Waals surface area contributed by atoms with Crippen LogP contribution in [0.25, 0.3) is 11.1 Å². The molecule has 2 aliphatic heterocycles. The van der Waals surface area contributed by atoms with E-state index in [9.17, 15) is 14.7 Å². The fourth-order valence-corrected chi connectivity index (χ4v) is 6.08. The first-order valence-electron chi connectivity index (χ1n) is 13.0. The molecule has 5 rings (SSSR count). The highest BCUT2D eigenvalue weighted by Crippen LogP contribution is 2.48. The number of carboxylic acid groups (broad SMARTS) is 1. The van der Waals surface area contributed by atoms with Crippen molar-refractivity contribution < 1.29 is 28.6 Å². The Labute approximate surface area is 215 Å². The Bertz CT molecular complexity index is 1300. The molecule has 0 unspecified atom stereocenters. The van der Waals surface area contributed by atoms with E-state index in [0.29, 0.717) is 23.6 Å². The Kier molecular flexibility index (Phi) is 6.62. The summed E-state index contributed by atoms with van der Waals surface area (Å²) in [5.41, 5.74) is 7.19. The van der Waals surface area contributed by atoms with Crippen LogP contribution in [-0.4, -0.2) is 44.8 Å². The van der Waals surface area contributed by atoms with Gasteiger partial charge in [-0.05, 0) is 48.9 Å². The van der Waals surface area contributed by atoms with Crippen LogP contribution in [0.4, 0.5) is 5.69 Å². The number of carboxylic acids is 1. The number of carbonyl (C=O) groups is 2. The van der Waals surface area contributed by atoms with E-state index in [1.807, 2.05) is 13.0 Å². The van der Waals surface area contributed by atoms with Gasteiger partial charge in [-0.1, -0.05) is 27.7 Å². The van der Waals surface area contributed by atoms with Gasteiger partial charge in [-0.15, -0.1) is 0 Å². The molecule has 9 nitrogen and oxygen atoms in total. The van der Waals surface area contributed by atoms with Gasteiger partial charge in [-0.3, -0.25) is 4.79 Å². The number of nitrogens with zero attached hydrogens (tertiary/aromatic N) is 1. The monoisotopic (exact) mass is 509 g/mol. The van der Waals surface area contributed by atoms with Crippen LogP contribution in [0.3, 0.4) is 0 Å². The van der Waals surface area contributed by atoms with Crippen LogP contribution in [-0.2, 0) is 15.9 Å². The lowest BCUT2D eigenvalue weighted by molar-refractivity contribution is -0.355. The van der Waals surface area contributed by atoms with Crippen molar-refractivity contribution in [3.63, 3.8) is 0 Å². The maximum absolute atomic E-state index is 13.1. The number of oxazole rings is 1. The highest BCUT2D eigenvalue weighted by molar-refractivity contribution is 6.05. The SMILES string of the molecule is C[C@@H]1C[C@H](C)[C@@]2(CC[C@H](C)[C@H](Cc3nc4c(C(=O)O)c(N)ccc4o3)O2)O[C@@H]1[C@H](C)C(=O)c1ccc[nH]1. The van der Waals surface area contributed by atoms with Crippen molar-refractivity contribution in [1.29, 1.82) is 0 Å². The Morgan fingerprint density at radius 3 is 2.70 bits per heavy atom. The average molecular weight is 510 g/mol. The lowest BCUT2D eigenvalue weighted by atomic mass is 9.75. The molecule has 198 valence electrons. The van der Waals surface area contributed by atoms with E-state index in [1.54, 1.807) is 18.3 Å². The second kappa shape index (κ2) is 9.61. The standard InChI is InChI=1S/C28H35N3O6/c1-14-9-10-28(16(3)12-15(2)26(37-28)17(4)25(32)19-6-5-11-30-19)36-21(14)13-22-31-24-20(35-22)8-7-18(29)23(24)27(33)34/h5-8,11,14-17,21,26,30H,9-10,12-13,29H2,1-4H3,(H,33,34)/t14-,15+,16-,17+,21-,26-,28+/m0/s1. The van der Waals surface area contributed by atoms with Gasteiger partial charge in [-0.2, -0.15) is 0 Å². The number of benzene rings is 1. The number of ether oxygens (including phenoxy) is 2. The second-order valence-electron chi connectivity index (χ2n) is 10.9. The number of aromatic nitrogens is 2. The highest BCUT2D eigenvalue weighted by Gasteiger charge is 2.52. The van der Waals surface area contributed by atoms with Gasteiger partial charge < -0.3 is 29.7 Å². The van der Waals surface area contributed by atoms with Gasteiger partial charge in [-0.25, -0.2) is 9.78 Å². The molecule has 4 N–H and O–H groups in total. The zero-order valence-corrected chi connectivity index (χ0v) is 21.7. The minimum Gasteiger partial charge on any atom is -0.478 e. The zero-order chi connectivity index (χ0) is 26.5. The Morgan fingerprint density at radius 2 is 2.00 bits per heavy atom. The number of Topliss-reactive ketones (excluding diaryl/α,β-unsaturated/α-hetero) is 1. The fourth-order valence-electron chi connectivity index (χ4n) is 6.08. The summed E-state index contributed by atoms with van der Waals surface area (Å²) in [7, 11) is 0.